The fraction of sp³-hybridized carbons (Fsp3) is 0.652. The molecule has 1 saturated heterocycles. The van der Waals surface area contributed by atoms with Crippen molar-refractivity contribution in [3.8, 4) is 0 Å². The van der Waals surface area contributed by atoms with Crippen LogP contribution in [0.3, 0.4) is 0 Å². The number of benzene rings is 1. The van der Waals surface area contributed by atoms with Crippen LogP contribution in [-0.4, -0.2) is 62.0 Å². The van der Waals surface area contributed by atoms with E-state index in [1.54, 1.807) is 0 Å². The molecule has 1 amide bonds. The zero-order valence-corrected chi connectivity index (χ0v) is 20.1. The molecule has 5 atom stereocenters. The van der Waals surface area contributed by atoms with Gasteiger partial charge >= 0.3 is 5.97 Å². The largest absolute Gasteiger partial charge is 0.449 e. The summed E-state index contributed by atoms with van der Waals surface area (Å²) in [5.41, 5.74) is 0.0890. The number of sulfonamides is 1. The van der Waals surface area contributed by atoms with E-state index in [2.05, 4.69) is 12.2 Å². The summed E-state index contributed by atoms with van der Waals surface area (Å²) in [5.74, 6) is -0.676. The van der Waals surface area contributed by atoms with Gasteiger partial charge in [-0.3, -0.25) is 4.79 Å². The Morgan fingerprint density at radius 3 is 2.44 bits per heavy atom. The molecule has 3 rings (SSSR count). The van der Waals surface area contributed by atoms with E-state index >= 15 is 0 Å². The Hall–Kier alpha value is -1.97. The molecule has 1 saturated carbocycles. The zero-order chi connectivity index (χ0) is 23.5. The fourth-order valence-electron chi connectivity index (χ4n) is 4.37. The summed E-state index contributed by atoms with van der Waals surface area (Å²) in [7, 11) is -3.79. The van der Waals surface area contributed by atoms with Gasteiger partial charge in [0.1, 0.15) is 0 Å². The molecule has 0 aromatic heterocycles. The smallest absolute Gasteiger partial charge is 0.338 e. The molecular weight excluding hydrogens is 432 g/mol. The quantitative estimate of drug-likeness (QED) is 0.647. The Bertz CT molecular complexity index is 924. The van der Waals surface area contributed by atoms with Gasteiger partial charge in [-0.25, -0.2) is 13.2 Å². The van der Waals surface area contributed by atoms with E-state index in [9.17, 15) is 18.0 Å². The van der Waals surface area contributed by atoms with Crippen LogP contribution in [0.5, 0.6) is 0 Å². The topological polar surface area (TPSA) is 102 Å². The first-order valence-electron chi connectivity index (χ1n) is 11.3. The van der Waals surface area contributed by atoms with Gasteiger partial charge in [0.15, 0.2) is 6.10 Å². The van der Waals surface area contributed by atoms with E-state index in [-0.39, 0.29) is 47.7 Å². The highest BCUT2D eigenvalue weighted by Crippen LogP contribution is 2.24. The Morgan fingerprint density at radius 1 is 1.12 bits per heavy atom. The maximum absolute atomic E-state index is 13.1. The van der Waals surface area contributed by atoms with Crippen LogP contribution in [-0.2, 0) is 24.3 Å². The van der Waals surface area contributed by atoms with E-state index in [1.165, 1.54) is 41.9 Å². The highest BCUT2D eigenvalue weighted by Gasteiger charge is 2.33. The Balaban J connectivity index is 1.66. The van der Waals surface area contributed by atoms with Crippen molar-refractivity contribution in [1.82, 2.24) is 9.62 Å². The minimum absolute atomic E-state index is 0.0152. The maximum Gasteiger partial charge on any atom is 0.338 e. The molecule has 1 N–H and O–H groups in total. The number of hydrogen-bond donors (Lipinski definition) is 1. The second-order valence-electron chi connectivity index (χ2n) is 9.03. The van der Waals surface area contributed by atoms with Crippen LogP contribution in [0.1, 0.15) is 63.7 Å². The van der Waals surface area contributed by atoms with Crippen molar-refractivity contribution in [1.29, 1.82) is 0 Å². The molecule has 178 valence electrons. The molecule has 0 spiro atoms. The van der Waals surface area contributed by atoms with Gasteiger partial charge in [0.2, 0.25) is 10.0 Å². The second-order valence-corrected chi connectivity index (χ2v) is 11.0. The van der Waals surface area contributed by atoms with Crippen LogP contribution < -0.4 is 5.32 Å². The fourth-order valence-corrected chi connectivity index (χ4v) is 6.01. The number of nitrogens with one attached hydrogen (secondary N) is 1. The monoisotopic (exact) mass is 466 g/mol. The van der Waals surface area contributed by atoms with Crippen LogP contribution in [0.4, 0.5) is 0 Å². The predicted octanol–water partition coefficient (Wildman–Crippen LogP) is 2.72. The van der Waals surface area contributed by atoms with Crippen molar-refractivity contribution in [2.24, 2.45) is 5.92 Å². The van der Waals surface area contributed by atoms with Gasteiger partial charge in [-0.1, -0.05) is 25.8 Å². The zero-order valence-electron chi connectivity index (χ0n) is 19.2. The molecule has 1 aliphatic heterocycles. The number of nitrogens with zero attached hydrogens (tertiary/aromatic N) is 1. The summed E-state index contributed by atoms with van der Waals surface area (Å²) in [5, 5.41) is 2.98. The summed E-state index contributed by atoms with van der Waals surface area (Å²) in [6.45, 7) is 7.79. The second kappa shape index (κ2) is 10.3. The molecule has 0 radical (unpaired) electrons. The number of morpholine rings is 1. The average molecular weight is 467 g/mol. The highest BCUT2D eigenvalue weighted by atomic mass is 32.2. The summed E-state index contributed by atoms with van der Waals surface area (Å²) >= 11 is 0. The number of amides is 1. The third-order valence-corrected chi connectivity index (χ3v) is 8.01. The van der Waals surface area contributed by atoms with Crippen LogP contribution in [0, 0.1) is 5.92 Å². The molecular formula is C23H34N2O6S. The van der Waals surface area contributed by atoms with Gasteiger partial charge in [-0.2, -0.15) is 4.31 Å². The third kappa shape index (κ3) is 5.88. The molecule has 32 heavy (non-hydrogen) atoms. The average Bonchev–Trinajstić information content (AvgIpc) is 2.74. The van der Waals surface area contributed by atoms with E-state index in [0.717, 1.165) is 19.3 Å². The lowest BCUT2D eigenvalue weighted by atomic mass is 9.86. The van der Waals surface area contributed by atoms with E-state index in [1.807, 2.05) is 13.8 Å². The van der Waals surface area contributed by atoms with Gasteiger partial charge in [0.05, 0.1) is 22.7 Å². The first kappa shape index (κ1) is 24.7. The molecule has 9 heteroatoms. The van der Waals surface area contributed by atoms with Crippen molar-refractivity contribution in [3.63, 3.8) is 0 Å². The van der Waals surface area contributed by atoms with Crippen LogP contribution in [0.15, 0.2) is 29.2 Å². The molecule has 2 aliphatic rings. The van der Waals surface area contributed by atoms with Gasteiger partial charge in [-0.05, 0) is 57.7 Å². The van der Waals surface area contributed by atoms with Crippen molar-refractivity contribution < 1.29 is 27.5 Å². The van der Waals surface area contributed by atoms with E-state index in [4.69, 9.17) is 9.47 Å². The maximum atomic E-state index is 13.1. The van der Waals surface area contributed by atoms with Crippen LogP contribution >= 0.6 is 0 Å². The van der Waals surface area contributed by atoms with Gasteiger partial charge in [-0.15, -0.1) is 0 Å². The summed E-state index contributed by atoms with van der Waals surface area (Å²) in [6, 6.07) is 5.84. The highest BCUT2D eigenvalue weighted by molar-refractivity contribution is 7.89. The lowest BCUT2D eigenvalue weighted by Gasteiger charge is -2.34. The normalized spacial score (nSPS) is 28.0. The number of esters is 1. The minimum atomic E-state index is -3.79. The lowest BCUT2D eigenvalue weighted by Crippen LogP contribution is -2.48. The Labute approximate surface area is 190 Å². The van der Waals surface area contributed by atoms with Gasteiger partial charge in [0.25, 0.3) is 5.91 Å². The van der Waals surface area contributed by atoms with Crippen molar-refractivity contribution in [3.05, 3.63) is 29.8 Å². The molecule has 1 aromatic carbocycles. The minimum Gasteiger partial charge on any atom is -0.449 e. The van der Waals surface area contributed by atoms with Crippen LogP contribution in [0.25, 0.3) is 0 Å². The molecule has 0 unspecified atom stereocenters. The number of hydrogen-bond acceptors (Lipinski definition) is 6. The lowest BCUT2D eigenvalue weighted by molar-refractivity contribution is -0.130. The van der Waals surface area contributed by atoms with Crippen molar-refractivity contribution >= 4 is 21.9 Å². The Kier molecular flexibility index (Phi) is 7.95. The number of ether oxygens (including phenoxy) is 2. The molecule has 1 aliphatic carbocycles. The standard InChI is InChI=1S/C23H34N2O6S/c1-15-8-5-6-11-21(15)24-22(26)18(4)31-23(27)19-9-7-10-20(12-19)32(28,29)25-13-16(2)30-17(3)14-25/h7,9-10,12,15-18,21H,5-6,8,11,13-14H2,1-4H3,(H,24,26)/t15-,16-,17+,18-,21+/m1/s1. The van der Waals surface area contributed by atoms with Crippen molar-refractivity contribution in [2.75, 3.05) is 13.1 Å². The molecule has 1 heterocycles. The molecule has 0 bridgehead atoms. The molecule has 8 nitrogen and oxygen atoms in total. The van der Waals surface area contributed by atoms with E-state index < -0.39 is 22.1 Å². The first-order valence-corrected chi connectivity index (χ1v) is 12.8. The van der Waals surface area contributed by atoms with E-state index in [0.29, 0.717) is 5.92 Å². The summed E-state index contributed by atoms with van der Waals surface area (Å²) in [4.78, 5) is 25.2. The number of carbonyl (C=O) groups is 2. The van der Waals surface area contributed by atoms with Gasteiger partial charge < -0.3 is 14.8 Å². The molecule has 2 fully saturated rings. The number of carbonyl (C=O) groups excluding carboxylic acids is 2. The Morgan fingerprint density at radius 2 is 1.78 bits per heavy atom. The van der Waals surface area contributed by atoms with Crippen molar-refractivity contribution in [2.45, 2.75) is 82.6 Å². The first-order chi connectivity index (χ1) is 15.1. The number of rotatable bonds is 6. The van der Waals surface area contributed by atoms with Gasteiger partial charge in [0, 0.05) is 19.1 Å². The summed E-state index contributed by atoms with van der Waals surface area (Å²) < 4.78 is 38.5. The SMILES string of the molecule is C[C@@H]1CN(S(=O)(=O)c2cccc(C(=O)O[C@H](C)C(=O)N[C@H]3CCCC[C@H]3C)c2)C[C@H](C)O1. The third-order valence-electron chi connectivity index (χ3n) is 6.19. The van der Waals surface area contributed by atoms with Crippen LogP contribution in [0.2, 0.25) is 0 Å². The summed E-state index contributed by atoms with van der Waals surface area (Å²) in [6.07, 6.45) is 2.83. The molecule has 1 aromatic rings. The predicted molar refractivity (Wildman–Crippen MR) is 120 cm³/mol.